The number of hydrogen-bond acceptors (Lipinski definition) is 2. The molecule has 1 heterocycles. The van der Waals surface area contributed by atoms with Crippen LogP contribution in [0.2, 0.25) is 0 Å². The van der Waals surface area contributed by atoms with E-state index in [1.165, 1.54) is 16.7 Å². The van der Waals surface area contributed by atoms with Gasteiger partial charge in [0.1, 0.15) is 0 Å². The van der Waals surface area contributed by atoms with Crippen molar-refractivity contribution in [3.63, 3.8) is 0 Å². The van der Waals surface area contributed by atoms with Crippen molar-refractivity contribution in [1.82, 2.24) is 10.2 Å². The molecule has 3 heteroatoms. The van der Waals surface area contributed by atoms with Crippen molar-refractivity contribution < 1.29 is 4.79 Å². The number of aryl methyl sites for hydroxylation is 1. The van der Waals surface area contributed by atoms with Gasteiger partial charge in [0.25, 0.3) is 5.91 Å². The highest BCUT2D eigenvalue weighted by Crippen LogP contribution is 2.18. The third kappa shape index (κ3) is 2.98. The molecular formula is C18H20N2O. The van der Waals surface area contributed by atoms with Crippen LogP contribution in [0.25, 0.3) is 0 Å². The Morgan fingerprint density at radius 2 is 1.81 bits per heavy atom. The molecule has 0 aliphatic carbocycles. The second kappa shape index (κ2) is 5.70. The average molecular weight is 280 g/mol. The van der Waals surface area contributed by atoms with E-state index in [4.69, 9.17) is 0 Å². The molecule has 1 aliphatic heterocycles. The van der Waals surface area contributed by atoms with Crippen LogP contribution >= 0.6 is 0 Å². The van der Waals surface area contributed by atoms with Crippen LogP contribution in [-0.2, 0) is 19.6 Å². The van der Waals surface area contributed by atoms with Crippen molar-refractivity contribution in [3.05, 3.63) is 70.3 Å². The van der Waals surface area contributed by atoms with E-state index < -0.39 is 0 Å². The maximum Gasteiger partial charge on any atom is 0.253 e. The summed E-state index contributed by atoms with van der Waals surface area (Å²) in [6.45, 7) is 4.47. The lowest BCUT2D eigenvalue weighted by Crippen LogP contribution is -2.26. The topological polar surface area (TPSA) is 32.3 Å². The second-order valence-corrected chi connectivity index (χ2v) is 5.73. The largest absolute Gasteiger partial charge is 0.337 e. The molecule has 0 unspecified atom stereocenters. The molecule has 0 fully saturated rings. The van der Waals surface area contributed by atoms with Crippen LogP contribution in [0.4, 0.5) is 0 Å². The summed E-state index contributed by atoms with van der Waals surface area (Å²) in [7, 11) is 1.85. The molecule has 0 radical (unpaired) electrons. The monoisotopic (exact) mass is 280 g/mol. The van der Waals surface area contributed by atoms with Gasteiger partial charge in [-0.3, -0.25) is 4.79 Å². The molecule has 3 nitrogen and oxygen atoms in total. The molecule has 1 aliphatic rings. The third-order valence-corrected chi connectivity index (χ3v) is 3.97. The minimum atomic E-state index is 0.0743. The normalized spacial score (nSPS) is 13.0. The smallest absolute Gasteiger partial charge is 0.253 e. The molecule has 0 saturated heterocycles. The van der Waals surface area contributed by atoms with Crippen LogP contribution in [0.3, 0.4) is 0 Å². The molecule has 0 spiro atoms. The molecule has 2 aromatic carbocycles. The van der Waals surface area contributed by atoms with Crippen molar-refractivity contribution in [1.29, 1.82) is 0 Å². The zero-order valence-corrected chi connectivity index (χ0v) is 12.5. The fourth-order valence-electron chi connectivity index (χ4n) is 2.69. The number of benzene rings is 2. The van der Waals surface area contributed by atoms with Gasteiger partial charge in [-0.1, -0.05) is 35.9 Å². The second-order valence-electron chi connectivity index (χ2n) is 5.73. The molecule has 0 saturated carbocycles. The summed E-state index contributed by atoms with van der Waals surface area (Å²) in [5.74, 6) is 0.0743. The molecule has 2 aromatic rings. The van der Waals surface area contributed by atoms with E-state index in [2.05, 4.69) is 42.6 Å². The fourth-order valence-corrected chi connectivity index (χ4v) is 2.69. The predicted molar refractivity (Wildman–Crippen MR) is 84.0 cm³/mol. The van der Waals surface area contributed by atoms with Gasteiger partial charge in [-0.05, 0) is 35.7 Å². The van der Waals surface area contributed by atoms with Gasteiger partial charge in [-0.2, -0.15) is 0 Å². The highest BCUT2D eigenvalue weighted by Gasteiger charge is 2.16. The van der Waals surface area contributed by atoms with Gasteiger partial charge in [0, 0.05) is 32.2 Å². The highest BCUT2D eigenvalue weighted by molar-refractivity contribution is 5.94. The lowest BCUT2D eigenvalue weighted by atomic mass is 10.1. The standard InChI is InChI=1S/C18H20N2O/c1-13-3-5-14(6-4-13)12-20(2)18(21)15-7-8-16-10-19-11-17(16)9-15/h3-9,19H,10-12H2,1-2H3. The Morgan fingerprint density at radius 3 is 2.57 bits per heavy atom. The molecule has 108 valence electrons. The van der Waals surface area contributed by atoms with E-state index in [0.717, 1.165) is 24.2 Å². The number of carbonyl (C=O) groups is 1. The molecular weight excluding hydrogens is 260 g/mol. The van der Waals surface area contributed by atoms with Crippen molar-refractivity contribution in [2.75, 3.05) is 7.05 Å². The Kier molecular flexibility index (Phi) is 3.76. The van der Waals surface area contributed by atoms with Crippen LogP contribution in [0, 0.1) is 6.92 Å². The molecule has 21 heavy (non-hydrogen) atoms. The van der Waals surface area contributed by atoms with Crippen LogP contribution in [0.5, 0.6) is 0 Å². The number of fused-ring (bicyclic) bond motifs is 1. The average Bonchev–Trinajstić information content (AvgIpc) is 2.96. The summed E-state index contributed by atoms with van der Waals surface area (Å²) < 4.78 is 0. The first-order valence-corrected chi connectivity index (χ1v) is 7.27. The minimum absolute atomic E-state index is 0.0743. The maximum atomic E-state index is 12.5. The Labute approximate surface area is 125 Å². The van der Waals surface area contributed by atoms with Crippen molar-refractivity contribution >= 4 is 5.91 Å². The van der Waals surface area contributed by atoms with E-state index in [9.17, 15) is 4.79 Å². The molecule has 3 rings (SSSR count). The van der Waals surface area contributed by atoms with Crippen LogP contribution in [0.15, 0.2) is 42.5 Å². The molecule has 1 amide bonds. The summed E-state index contributed by atoms with van der Waals surface area (Å²) in [5, 5.41) is 3.30. The Balaban J connectivity index is 1.73. The zero-order chi connectivity index (χ0) is 14.8. The number of carbonyl (C=O) groups excluding carboxylic acids is 1. The molecule has 1 N–H and O–H groups in total. The first kappa shape index (κ1) is 13.8. The summed E-state index contributed by atoms with van der Waals surface area (Å²) in [5.41, 5.74) is 5.70. The third-order valence-electron chi connectivity index (χ3n) is 3.97. The van der Waals surface area contributed by atoms with Gasteiger partial charge < -0.3 is 10.2 Å². The van der Waals surface area contributed by atoms with E-state index in [1.54, 1.807) is 4.90 Å². The fraction of sp³-hybridized carbons (Fsp3) is 0.278. The van der Waals surface area contributed by atoms with Gasteiger partial charge >= 0.3 is 0 Å². The maximum absolute atomic E-state index is 12.5. The van der Waals surface area contributed by atoms with Gasteiger partial charge in [-0.15, -0.1) is 0 Å². The number of hydrogen-bond donors (Lipinski definition) is 1. The summed E-state index contributed by atoms with van der Waals surface area (Å²) in [4.78, 5) is 14.3. The quantitative estimate of drug-likeness (QED) is 0.937. The molecule has 0 aromatic heterocycles. The molecule has 0 bridgehead atoms. The van der Waals surface area contributed by atoms with Crippen LogP contribution in [-0.4, -0.2) is 17.9 Å². The van der Waals surface area contributed by atoms with Gasteiger partial charge in [0.2, 0.25) is 0 Å². The van der Waals surface area contributed by atoms with Crippen LogP contribution < -0.4 is 5.32 Å². The lowest BCUT2D eigenvalue weighted by Gasteiger charge is -2.18. The summed E-state index contributed by atoms with van der Waals surface area (Å²) in [6, 6.07) is 14.3. The van der Waals surface area contributed by atoms with E-state index in [0.29, 0.717) is 6.54 Å². The minimum Gasteiger partial charge on any atom is -0.337 e. The number of rotatable bonds is 3. The number of nitrogens with zero attached hydrogens (tertiary/aromatic N) is 1. The van der Waals surface area contributed by atoms with E-state index in [-0.39, 0.29) is 5.91 Å². The Hall–Kier alpha value is -2.13. The number of nitrogens with one attached hydrogen (secondary N) is 1. The van der Waals surface area contributed by atoms with Crippen molar-refractivity contribution in [3.8, 4) is 0 Å². The summed E-state index contributed by atoms with van der Waals surface area (Å²) in [6.07, 6.45) is 0. The van der Waals surface area contributed by atoms with E-state index >= 15 is 0 Å². The zero-order valence-electron chi connectivity index (χ0n) is 12.5. The first-order valence-electron chi connectivity index (χ1n) is 7.27. The van der Waals surface area contributed by atoms with Crippen LogP contribution in [0.1, 0.15) is 32.6 Å². The van der Waals surface area contributed by atoms with Gasteiger partial charge in [-0.25, -0.2) is 0 Å². The predicted octanol–water partition coefficient (Wildman–Crippen LogP) is 2.87. The van der Waals surface area contributed by atoms with E-state index in [1.807, 2.05) is 19.2 Å². The van der Waals surface area contributed by atoms with Crippen molar-refractivity contribution in [2.24, 2.45) is 0 Å². The first-order chi connectivity index (χ1) is 10.1. The summed E-state index contributed by atoms with van der Waals surface area (Å²) >= 11 is 0. The Morgan fingerprint density at radius 1 is 1.10 bits per heavy atom. The number of amides is 1. The lowest BCUT2D eigenvalue weighted by molar-refractivity contribution is 0.0785. The SMILES string of the molecule is Cc1ccc(CN(C)C(=O)c2ccc3c(c2)CNC3)cc1. The highest BCUT2D eigenvalue weighted by atomic mass is 16.2. The van der Waals surface area contributed by atoms with Gasteiger partial charge in [0.15, 0.2) is 0 Å². The van der Waals surface area contributed by atoms with Crippen molar-refractivity contribution in [2.45, 2.75) is 26.6 Å². The Bertz CT molecular complexity index is 661. The molecule has 0 atom stereocenters. The van der Waals surface area contributed by atoms with Gasteiger partial charge in [0.05, 0.1) is 0 Å².